The van der Waals surface area contributed by atoms with E-state index < -0.39 is 26.5 Å². The van der Waals surface area contributed by atoms with Gasteiger partial charge in [-0.2, -0.15) is 0 Å². The fraction of sp³-hybridized carbons (Fsp3) is 0.862. The van der Waals surface area contributed by atoms with Crippen LogP contribution in [-0.4, -0.2) is 74.9 Å². The summed E-state index contributed by atoms with van der Waals surface area (Å²) in [5.41, 5.74) is 0. The van der Waals surface area contributed by atoms with Gasteiger partial charge < -0.3 is 18.9 Å². The number of hydrogen-bond acceptors (Lipinski definition) is 7. The molecule has 0 heterocycles. The molecule has 0 aliphatic heterocycles. The summed E-state index contributed by atoms with van der Waals surface area (Å²) in [5, 5.41) is 0. The van der Waals surface area contributed by atoms with Crippen LogP contribution in [0.4, 0.5) is 0 Å². The molecule has 0 aromatic carbocycles. The molecule has 2 atom stereocenters. The van der Waals surface area contributed by atoms with Crippen LogP contribution in [0.5, 0.6) is 0 Å². The van der Waals surface area contributed by atoms with Crippen molar-refractivity contribution in [1.82, 2.24) is 0 Å². The van der Waals surface area contributed by atoms with Crippen LogP contribution in [0.3, 0.4) is 0 Å². The lowest BCUT2D eigenvalue weighted by atomic mass is 10.0. The van der Waals surface area contributed by atoms with Crippen LogP contribution in [0, 0.1) is 0 Å². The second-order valence-electron chi connectivity index (χ2n) is 20.7. The van der Waals surface area contributed by atoms with Crippen molar-refractivity contribution in [3.05, 3.63) is 36.5 Å². The van der Waals surface area contributed by atoms with Gasteiger partial charge in [0.15, 0.2) is 6.10 Å². The van der Waals surface area contributed by atoms with Crippen molar-refractivity contribution in [3.63, 3.8) is 0 Å². The van der Waals surface area contributed by atoms with E-state index in [9.17, 15) is 19.0 Å². The van der Waals surface area contributed by atoms with E-state index >= 15 is 0 Å². The van der Waals surface area contributed by atoms with E-state index in [2.05, 4.69) is 50.3 Å². The van der Waals surface area contributed by atoms with Gasteiger partial charge in [0.2, 0.25) is 0 Å². The molecule has 9 nitrogen and oxygen atoms in total. The summed E-state index contributed by atoms with van der Waals surface area (Å²) in [7, 11) is 1.48. The first-order chi connectivity index (χ1) is 33.0. The molecule has 0 saturated carbocycles. The maximum absolute atomic E-state index is 12.8. The number of unbranched alkanes of at least 4 members (excludes halogenated alkanes) is 33. The van der Waals surface area contributed by atoms with Crippen LogP contribution >= 0.6 is 7.82 Å². The third-order valence-electron chi connectivity index (χ3n) is 12.6. The van der Waals surface area contributed by atoms with E-state index in [1.165, 1.54) is 180 Å². The van der Waals surface area contributed by atoms with Crippen molar-refractivity contribution >= 4 is 19.8 Å². The van der Waals surface area contributed by atoms with Crippen LogP contribution in [-0.2, 0) is 32.7 Å². The highest BCUT2D eigenvalue weighted by Crippen LogP contribution is 2.43. The van der Waals surface area contributed by atoms with Crippen LogP contribution in [0.2, 0.25) is 0 Å². The van der Waals surface area contributed by atoms with Gasteiger partial charge >= 0.3 is 19.8 Å². The highest BCUT2D eigenvalue weighted by molar-refractivity contribution is 7.47. The van der Waals surface area contributed by atoms with Gasteiger partial charge in [0.05, 0.1) is 27.7 Å². The standard InChI is InChI=1S/C58H110NO8P/c1-6-8-10-12-14-16-18-20-21-22-23-24-25-26-27-28-29-30-31-32-33-34-35-36-37-39-41-43-45-47-49-51-58(61)67-56(55-66-68(62,63)65-53-52-59(3,4)5)54-64-57(60)50-48-46-44-42-40-38-19-17-15-13-11-9-7-2/h17-20,22-23,56H,6-16,21,24-55H2,1-5H3/p+1/b19-17-,20-18-,23-22-. The Bertz CT molecular complexity index is 1250. The Balaban J connectivity index is 4.02. The number of carbonyl (C=O) groups is 2. The van der Waals surface area contributed by atoms with Gasteiger partial charge in [-0.05, 0) is 70.6 Å². The molecule has 10 heteroatoms. The zero-order valence-corrected chi connectivity index (χ0v) is 46.2. The van der Waals surface area contributed by atoms with Crippen molar-refractivity contribution in [3.8, 4) is 0 Å². The summed E-state index contributed by atoms with van der Waals surface area (Å²) in [6.07, 6.45) is 60.8. The SMILES string of the molecule is CCCCCC/C=C\CCCCCCCC(=O)OCC(COP(=O)(O)OCC[N+](C)(C)C)OC(=O)CCCCCCCCCCCCCCCCCCCCC/C=C\C/C=C\CCCCCCC. The maximum Gasteiger partial charge on any atom is 0.472 e. The van der Waals surface area contributed by atoms with Crippen molar-refractivity contribution in [2.45, 2.75) is 277 Å². The predicted molar refractivity (Wildman–Crippen MR) is 289 cm³/mol. The van der Waals surface area contributed by atoms with E-state index in [1.807, 2.05) is 21.1 Å². The van der Waals surface area contributed by atoms with Gasteiger partial charge in [-0.1, -0.05) is 224 Å². The Labute approximate surface area is 421 Å². The average molecular weight is 981 g/mol. The molecule has 0 aromatic rings. The molecule has 1 N–H and O–H groups in total. The number of hydrogen-bond donors (Lipinski definition) is 1. The summed E-state index contributed by atoms with van der Waals surface area (Å²) in [4.78, 5) is 35.6. The summed E-state index contributed by atoms with van der Waals surface area (Å²) in [6.45, 7) is 4.42. The minimum Gasteiger partial charge on any atom is -0.462 e. The van der Waals surface area contributed by atoms with Crippen molar-refractivity contribution < 1.29 is 42.1 Å². The second-order valence-corrected chi connectivity index (χ2v) is 22.1. The number of ether oxygens (including phenoxy) is 2. The van der Waals surface area contributed by atoms with Crippen molar-refractivity contribution in [2.75, 3.05) is 47.5 Å². The average Bonchev–Trinajstić information content (AvgIpc) is 3.30. The van der Waals surface area contributed by atoms with E-state index in [0.29, 0.717) is 17.4 Å². The third-order valence-corrected chi connectivity index (χ3v) is 13.6. The number of likely N-dealkylation sites (N-methyl/N-ethyl adjacent to an activating group) is 1. The van der Waals surface area contributed by atoms with Gasteiger partial charge in [-0.25, -0.2) is 4.57 Å². The maximum atomic E-state index is 12.8. The molecule has 0 saturated heterocycles. The van der Waals surface area contributed by atoms with Crippen LogP contribution < -0.4 is 0 Å². The third kappa shape index (κ3) is 53.6. The lowest BCUT2D eigenvalue weighted by Gasteiger charge is -2.24. The lowest BCUT2D eigenvalue weighted by Crippen LogP contribution is -2.37. The van der Waals surface area contributed by atoms with Crippen molar-refractivity contribution in [2.24, 2.45) is 0 Å². The second kappa shape index (κ2) is 50.2. The van der Waals surface area contributed by atoms with Crippen LogP contribution in [0.25, 0.3) is 0 Å². The number of esters is 2. The molecule has 0 aromatic heterocycles. The molecule has 0 spiro atoms. The molecule has 0 rings (SSSR count). The summed E-state index contributed by atoms with van der Waals surface area (Å²) in [6, 6.07) is 0. The van der Waals surface area contributed by atoms with E-state index in [0.717, 1.165) is 57.8 Å². The van der Waals surface area contributed by atoms with Gasteiger partial charge in [-0.3, -0.25) is 18.6 Å². The molecular weight excluding hydrogens is 870 g/mol. The Morgan fingerprint density at radius 2 is 0.794 bits per heavy atom. The molecular formula is C58H111NO8P+. The summed E-state index contributed by atoms with van der Waals surface area (Å²) in [5.74, 6) is -0.797. The Hall–Kier alpha value is -1.77. The molecule has 2 unspecified atom stereocenters. The highest BCUT2D eigenvalue weighted by Gasteiger charge is 2.27. The fourth-order valence-corrected chi connectivity index (χ4v) is 8.90. The molecule has 0 aliphatic rings. The number of carbonyl (C=O) groups excluding carboxylic acids is 2. The normalized spacial score (nSPS) is 13.6. The van der Waals surface area contributed by atoms with E-state index in [-0.39, 0.29) is 32.0 Å². The van der Waals surface area contributed by atoms with Gasteiger partial charge in [0.25, 0.3) is 0 Å². The molecule has 0 bridgehead atoms. The van der Waals surface area contributed by atoms with Gasteiger partial charge in [0, 0.05) is 12.8 Å². The first-order valence-electron chi connectivity index (χ1n) is 28.7. The molecule has 0 fully saturated rings. The topological polar surface area (TPSA) is 108 Å². The number of allylic oxidation sites excluding steroid dienone is 6. The Kier molecular flexibility index (Phi) is 48.9. The molecule has 400 valence electrons. The number of phosphoric acid groups is 1. The Morgan fingerprint density at radius 3 is 1.19 bits per heavy atom. The zero-order chi connectivity index (χ0) is 49.9. The fourth-order valence-electron chi connectivity index (χ4n) is 8.16. The zero-order valence-electron chi connectivity index (χ0n) is 45.4. The molecule has 68 heavy (non-hydrogen) atoms. The lowest BCUT2D eigenvalue weighted by molar-refractivity contribution is -0.870. The smallest absolute Gasteiger partial charge is 0.462 e. The summed E-state index contributed by atoms with van der Waals surface area (Å²) >= 11 is 0. The monoisotopic (exact) mass is 981 g/mol. The number of quaternary nitrogens is 1. The predicted octanol–water partition coefficient (Wildman–Crippen LogP) is 17.6. The van der Waals surface area contributed by atoms with Crippen LogP contribution in [0.1, 0.15) is 271 Å². The molecule has 0 aliphatic carbocycles. The number of nitrogens with zero attached hydrogens (tertiary/aromatic N) is 1. The van der Waals surface area contributed by atoms with Crippen molar-refractivity contribution in [1.29, 1.82) is 0 Å². The molecule has 0 radical (unpaired) electrons. The largest absolute Gasteiger partial charge is 0.472 e. The first kappa shape index (κ1) is 66.2. The van der Waals surface area contributed by atoms with Gasteiger partial charge in [-0.15, -0.1) is 0 Å². The quantitative estimate of drug-likeness (QED) is 0.0211. The highest BCUT2D eigenvalue weighted by atomic mass is 31.2. The molecule has 0 amide bonds. The summed E-state index contributed by atoms with van der Waals surface area (Å²) < 4.78 is 34.5. The van der Waals surface area contributed by atoms with Crippen LogP contribution in [0.15, 0.2) is 36.5 Å². The first-order valence-corrected chi connectivity index (χ1v) is 30.2. The number of rotatable bonds is 53. The van der Waals surface area contributed by atoms with E-state index in [1.54, 1.807) is 0 Å². The minimum absolute atomic E-state index is 0.0320. The Morgan fingerprint density at radius 1 is 0.456 bits per heavy atom. The number of phosphoric ester groups is 1. The van der Waals surface area contributed by atoms with E-state index in [4.69, 9.17) is 18.5 Å². The minimum atomic E-state index is -4.38. The van der Waals surface area contributed by atoms with Gasteiger partial charge in [0.1, 0.15) is 19.8 Å².